The van der Waals surface area contributed by atoms with Crippen molar-refractivity contribution < 1.29 is 16.8 Å². The zero-order valence-electron chi connectivity index (χ0n) is 8.03. The fourth-order valence-corrected chi connectivity index (χ4v) is 4.10. The molecule has 1 unspecified atom stereocenters. The Morgan fingerprint density at radius 3 is 2.14 bits per heavy atom. The summed E-state index contributed by atoms with van der Waals surface area (Å²) in [5.74, 6) is 0. The Bertz CT molecular complexity index is 361. The van der Waals surface area contributed by atoms with Gasteiger partial charge in [-0.1, -0.05) is 22.9 Å². The smallest absolute Gasteiger partial charge is 0.226 e. The van der Waals surface area contributed by atoms with Gasteiger partial charge in [0.2, 0.25) is 10.0 Å². The van der Waals surface area contributed by atoms with Crippen molar-refractivity contribution in [1.29, 1.82) is 0 Å². The van der Waals surface area contributed by atoms with E-state index in [0.29, 0.717) is 0 Å². The maximum Gasteiger partial charge on any atom is 0.226 e. The van der Waals surface area contributed by atoms with Crippen LogP contribution in [0.25, 0.3) is 0 Å². The molecule has 0 fully saturated rings. The first kappa shape index (κ1) is 14.3. The van der Waals surface area contributed by atoms with Crippen molar-refractivity contribution in [3.63, 3.8) is 0 Å². The third-order valence-electron chi connectivity index (χ3n) is 1.34. The van der Waals surface area contributed by atoms with Gasteiger partial charge in [0.25, 0.3) is 0 Å². The minimum absolute atomic E-state index is 0.0248. The van der Waals surface area contributed by atoms with Crippen molar-refractivity contribution in [3.8, 4) is 0 Å². The number of hydrogen-bond donors (Lipinski definition) is 1. The molecule has 8 heteroatoms. The number of sulfone groups is 1. The maximum absolute atomic E-state index is 11.2. The van der Waals surface area contributed by atoms with E-state index < -0.39 is 24.9 Å². The fourth-order valence-electron chi connectivity index (χ4n) is 0.685. The van der Waals surface area contributed by atoms with Crippen molar-refractivity contribution in [2.45, 2.75) is 18.2 Å². The highest BCUT2D eigenvalue weighted by atomic mass is 79.9. The monoisotopic (exact) mass is 307 g/mol. The minimum Gasteiger partial charge on any atom is -0.228 e. The molecule has 0 bridgehead atoms. The fraction of sp³-hybridized carbons (Fsp3) is 1.00. The van der Waals surface area contributed by atoms with Crippen molar-refractivity contribution in [1.82, 2.24) is 4.72 Å². The molecule has 0 spiro atoms. The van der Waals surface area contributed by atoms with Gasteiger partial charge in [0.05, 0.1) is 0 Å². The van der Waals surface area contributed by atoms with Crippen LogP contribution in [0, 0.1) is 0 Å². The van der Waals surface area contributed by atoms with Crippen LogP contribution in [0.1, 0.15) is 13.3 Å². The Morgan fingerprint density at radius 2 is 1.79 bits per heavy atom. The molecule has 86 valence electrons. The van der Waals surface area contributed by atoms with Crippen molar-refractivity contribution >= 4 is 35.8 Å². The number of nitrogens with one attached hydrogen (secondary N) is 1. The van der Waals surface area contributed by atoms with E-state index in [0.717, 1.165) is 12.7 Å². The number of sulfonamides is 1. The third-order valence-corrected chi connectivity index (χ3v) is 5.87. The highest BCUT2D eigenvalue weighted by Crippen LogP contribution is 2.03. The summed E-state index contributed by atoms with van der Waals surface area (Å²) in [6.45, 7) is 2.10. The van der Waals surface area contributed by atoms with Crippen LogP contribution in [-0.4, -0.2) is 39.5 Å². The Kier molecular flexibility index (Phi) is 5.56. The molecule has 0 radical (unpaired) electrons. The Labute approximate surface area is 93.4 Å². The summed E-state index contributed by atoms with van der Waals surface area (Å²) in [5, 5.41) is -0.858. The molecular weight excluding hydrogens is 294 g/mol. The van der Waals surface area contributed by atoms with Crippen molar-refractivity contribution in [2.75, 3.05) is 17.9 Å². The van der Waals surface area contributed by atoms with E-state index in [2.05, 4.69) is 20.7 Å². The molecular formula is C6H14BrNO4S2. The van der Waals surface area contributed by atoms with Gasteiger partial charge in [-0.3, -0.25) is 0 Å². The standard InChI is InChI=1S/C6H14BrNO4S2/c1-3-6(7)4-8-14(11,12)5-13(2,9)10/h6,8H,3-5H2,1-2H3. The second-order valence-electron chi connectivity index (χ2n) is 3.01. The average Bonchev–Trinajstić information content (AvgIpc) is 1.96. The van der Waals surface area contributed by atoms with Crippen LogP contribution in [0.5, 0.6) is 0 Å². The SMILES string of the molecule is CCC(Br)CNS(=O)(=O)CS(C)(=O)=O. The molecule has 0 saturated carbocycles. The average molecular weight is 308 g/mol. The molecule has 1 N–H and O–H groups in total. The predicted octanol–water partition coefficient (Wildman–Crippen LogP) is 0.0814. The summed E-state index contributed by atoms with van der Waals surface area (Å²) in [7, 11) is -7.21. The van der Waals surface area contributed by atoms with Gasteiger partial charge in [-0.05, 0) is 6.42 Å². The van der Waals surface area contributed by atoms with Crippen LogP contribution in [-0.2, 0) is 19.9 Å². The van der Waals surface area contributed by atoms with Gasteiger partial charge >= 0.3 is 0 Å². The van der Waals surface area contributed by atoms with E-state index in [-0.39, 0.29) is 11.4 Å². The molecule has 0 aromatic heterocycles. The summed E-state index contributed by atoms with van der Waals surface area (Å²) < 4.78 is 46.0. The van der Waals surface area contributed by atoms with E-state index in [1.807, 2.05) is 6.92 Å². The number of rotatable bonds is 6. The van der Waals surface area contributed by atoms with Gasteiger partial charge in [0.15, 0.2) is 14.9 Å². The molecule has 1 atom stereocenters. The Hall–Kier alpha value is 0.340. The van der Waals surface area contributed by atoms with Gasteiger partial charge in [-0.15, -0.1) is 0 Å². The van der Waals surface area contributed by atoms with Crippen LogP contribution in [0.4, 0.5) is 0 Å². The van der Waals surface area contributed by atoms with Crippen LogP contribution in [0.2, 0.25) is 0 Å². The van der Waals surface area contributed by atoms with Crippen LogP contribution in [0.15, 0.2) is 0 Å². The zero-order valence-corrected chi connectivity index (χ0v) is 11.2. The van der Waals surface area contributed by atoms with Gasteiger partial charge in [0.1, 0.15) is 0 Å². The molecule has 0 aliphatic rings. The van der Waals surface area contributed by atoms with Crippen LogP contribution in [0.3, 0.4) is 0 Å². The highest BCUT2D eigenvalue weighted by molar-refractivity contribution is 9.09. The first-order chi connectivity index (χ1) is 6.16. The van der Waals surface area contributed by atoms with E-state index in [4.69, 9.17) is 0 Å². The lowest BCUT2D eigenvalue weighted by Crippen LogP contribution is -2.33. The van der Waals surface area contributed by atoms with Crippen LogP contribution < -0.4 is 4.72 Å². The normalized spacial score (nSPS) is 15.4. The number of halogens is 1. The lowest BCUT2D eigenvalue weighted by atomic mass is 10.3. The molecule has 14 heavy (non-hydrogen) atoms. The van der Waals surface area contributed by atoms with Crippen LogP contribution >= 0.6 is 15.9 Å². The van der Waals surface area contributed by atoms with Gasteiger partial charge in [-0.2, -0.15) is 0 Å². The molecule has 0 aromatic carbocycles. The predicted molar refractivity (Wildman–Crippen MR) is 59.6 cm³/mol. The van der Waals surface area contributed by atoms with E-state index >= 15 is 0 Å². The molecule has 0 heterocycles. The summed E-state index contributed by atoms with van der Waals surface area (Å²) in [5.41, 5.74) is 0. The van der Waals surface area contributed by atoms with Gasteiger partial charge < -0.3 is 0 Å². The molecule has 5 nitrogen and oxygen atoms in total. The van der Waals surface area contributed by atoms with E-state index in [1.54, 1.807) is 0 Å². The number of hydrogen-bond acceptors (Lipinski definition) is 4. The first-order valence-electron chi connectivity index (χ1n) is 3.95. The molecule has 0 aromatic rings. The summed E-state index contributed by atoms with van der Waals surface area (Å²) in [6, 6.07) is 0. The van der Waals surface area contributed by atoms with Crippen molar-refractivity contribution in [2.24, 2.45) is 0 Å². The lowest BCUT2D eigenvalue weighted by Gasteiger charge is -2.08. The summed E-state index contributed by atoms with van der Waals surface area (Å²) >= 11 is 3.23. The molecule has 0 rings (SSSR count). The summed E-state index contributed by atoms with van der Waals surface area (Å²) in [4.78, 5) is 0.0248. The van der Waals surface area contributed by atoms with E-state index in [1.165, 1.54) is 0 Å². The zero-order chi connectivity index (χ0) is 11.4. The quantitative estimate of drug-likeness (QED) is 0.705. The van der Waals surface area contributed by atoms with E-state index in [9.17, 15) is 16.8 Å². The molecule has 0 aliphatic carbocycles. The van der Waals surface area contributed by atoms with Gasteiger partial charge in [0, 0.05) is 17.6 Å². The molecule has 0 saturated heterocycles. The highest BCUT2D eigenvalue weighted by Gasteiger charge is 2.18. The Balaban J connectivity index is 4.24. The molecule has 0 aliphatic heterocycles. The maximum atomic E-state index is 11.2. The molecule has 0 amide bonds. The van der Waals surface area contributed by atoms with Crippen molar-refractivity contribution in [3.05, 3.63) is 0 Å². The van der Waals surface area contributed by atoms with Gasteiger partial charge in [-0.25, -0.2) is 21.6 Å². The lowest BCUT2D eigenvalue weighted by molar-refractivity contribution is 0.579. The second-order valence-corrected chi connectivity index (χ2v) is 8.62. The second kappa shape index (κ2) is 5.43. The Morgan fingerprint density at radius 1 is 1.29 bits per heavy atom. The topological polar surface area (TPSA) is 80.3 Å². The third kappa shape index (κ3) is 7.72. The summed E-state index contributed by atoms with van der Waals surface area (Å²) in [6.07, 6.45) is 1.65. The minimum atomic E-state index is -3.71. The largest absolute Gasteiger partial charge is 0.228 e. The first-order valence-corrected chi connectivity index (χ1v) is 8.58. The number of alkyl halides is 1.